The van der Waals surface area contributed by atoms with E-state index in [1.807, 2.05) is 0 Å². The zero-order valence-corrected chi connectivity index (χ0v) is 12.1. The van der Waals surface area contributed by atoms with Gasteiger partial charge in [-0.2, -0.15) is 0 Å². The summed E-state index contributed by atoms with van der Waals surface area (Å²) in [5.41, 5.74) is -0.308. The lowest BCUT2D eigenvalue weighted by atomic mass is 10.2. The molecule has 1 unspecified atom stereocenters. The molecule has 1 atom stereocenters. The average Bonchev–Trinajstić information content (AvgIpc) is 2.56. The first-order valence-electron chi connectivity index (χ1n) is 4.98. The van der Waals surface area contributed by atoms with E-state index in [0.29, 0.717) is 6.54 Å². The topological polar surface area (TPSA) is 63.5 Å². The molecule has 1 aliphatic heterocycles. The van der Waals surface area contributed by atoms with E-state index < -0.39 is 10.7 Å². The van der Waals surface area contributed by atoms with E-state index in [9.17, 15) is 19.3 Å². The van der Waals surface area contributed by atoms with Crippen molar-refractivity contribution in [3.8, 4) is 0 Å². The fourth-order valence-electron chi connectivity index (χ4n) is 1.80. The molecule has 1 fully saturated rings. The largest absolute Gasteiger partial charge is 0.308 e. The van der Waals surface area contributed by atoms with E-state index in [4.69, 9.17) is 0 Å². The van der Waals surface area contributed by atoms with Crippen LogP contribution in [-0.2, 0) is 4.79 Å². The van der Waals surface area contributed by atoms with Gasteiger partial charge in [-0.15, -0.1) is 0 Å². The molecule has 1 heterocycles. The number of hydrogen-bond donors (Lipinski definition) is 0. The molecule has 1 aliphatic rings. The third-order valence-corrected chi connectivity index (χ3v) is 3.78. The Hall–Kier alpha value is -1.02. The van der Waals surface area contributed by atoms with E-state index in [0.717, 1.165) is 6.07 Å². The molecule has 1 aromatic rings. The minimum Gasteiger partial charge on any atom is -0.308 e. The van der Waals surface area contributed by atoms with Gasteiger partial charge in [0.05, 0.1) is 21.1 Å². The summed E-state index contributed by atoms with van der Waals surface area (Å²) in [4.78, 5) is 22.8. The molecule has 0 bridgehead atoms. The Bertz CT molecular complexity index is 515. The van der Waals surface area contributed by atoms with Crippen LogP contribution < -0.4 is 4.90 Å². The van der Waals surface area contributed by atoms with Gasteiger partial charge in [0.2, 0.25) is 5.91 Å². The Labute approximate surface area is 118 Å². The van der Waals surface area contributed by atoms with Crippen LogP contribution in [0.2, 0.25) is 0 Å². The van der Waals surface area contributed by atoms with Crippen LogP contribution in [-0.4, -0.2) is 22.2 Å². The molecule has 5 nitrogen and oxygen atoms in total. The molecule has 96 valence electrons. The van der Waals surface area contributed by atoms with Crippen molar-refractivity contribution in [1.29, 1.82) is 0 Å². The van der Waals surface area contributed by atoms with Crippen molar-refractivity contribution in [2.45, 2.75) is 11.2 Å². The summed E-state index contributed by atoms with van der Waals surface area (Å²) in [7, 11) is 0. The van der Waals surface area contributed by atoms with Crippen molar-refractivity contribution in [2.75, 3.05) is 11.4 Å². The highest BCUT2D eigenvalue weighted by Gasteiger charge is 2.32. The van der Waals surface area contributed by atoms with Gasteiger partial charge in [0.15, 0.2) is 5.82 Å². The zero-order chi connectivity index (χ0) is 13.4. The van der Waals surface area contributed by atoms with Crippen LogP contribution in [0.1, 0.15) is 6.42 Å². The number of benzene rings is 1. The molecular formula is C10H7Br2FN2O3. The molecule has 1 aromatic carbocycles. The average molecular weight is 382 g/mol. The molecule has 2 rings (SSSR count). The van der Waals surface area contributed by atoms with Gasteiger partial charge in [0.1, 0.15) is 0 Å². The molecule has 1 saturated heterocycles. The number of nitrogens with zero attached hydrogens (tertiary/aromatic N) is 2. The second-order valence-electron chi connectivity index (χ2n) is 3.82. The van der Waals surface area contributed by atoms with E-state index in [1.165, 1.54) is 11.0 Å². The van der Waals surface area contributed by atoms with E-state index in [1.54, 1.807) is 0 Å². The van der Waals surface area contributed by atoms with Gasteiger partial charge in [-0.25, -0.2) is 4.39 Å². The van der Waals surface area contributed by atoms with Crippen molar-refractivity contribution >= 4 is 49.1 Å². The lowest BCUT2D eigenvalue weighted by molar-refractivity contribution is -0.385. The second kappa shape index (κ2) is 4.93. The van der Waals surface area contributed by atoms with Crippen LogP contribution >= 0.6 is 31.9 Å². The zero-order valence-electron chi connectivity index (χ0n) is 8.90. The number of carbonyl (C=O) groups is 1. The molecule has 1 amide bonds. The molecule has 0 spiro atoms. The number of alkyl halides is 1. The minimum absolute atomic E-state index is 0.0357. The molecule has 0 aromatic heterocycles. The summed E-state index contributed by atoms with van der Waals surface area (Å²) in [5, 5.41) is 10.6. The quantitative estimate of drug-likeness (QED) is 0.449. The Balaban J connectivity index is 2.46. The van der Waals surface area contributed by atoms with Gasteiger partial charge in [0, 0.05) is 23.9 Å². The highest BCUT2D eigenvalue weighted by Crippen LogP contribution is 2.36. The Morgan fingerprint density at radius 3 is 2.61 bits per heavy atom. The van der Waals surface area contributed by atoms with Gasteiger partial charge in [-0.3, -0.25) is 14.9 Å². The van der Waals surface area contributed by atoms with E-state index >= 15 is 0 Å². The number of nitro groups is 1. The first-order chi connectivity index (χ1) is 8.40. The number of amides is 1. The summed E-state index contributed by atoms with van der Waals surface area (Å²) < 4.78 is 14.1. The smallest absolute Gasteiger partial charge is 0.273 e. The van der Waals surface area contributed by atoms with Crippen LogP contribution in [0.3, 0.4) is 0 Å². The van der Waals surface area contributed by atoms with Crippen LogP contribution in [0.4, 0.5) is 15.8 Å². The molecule has 0 aliphatic carbocycles. The first-order valence-corrected chi connectivity index (χ1v) is 6.69. The summed E-state index contributed by atoms with van der Waals surface area (Å²) in [6.45, 7) is 0.339. The summed E-state index contributed by atoms with van der Waals surface area (Å²) >= 11 is 6.36. The maximum atomic E-state index is 13.9. The normalized spacial score (nSPS) is 19.4. The molecule has 8 heteroatoms. The number of hydrogen-bond acceptors (Lipinski definition) is 3. The number of carbonyl (C=O) groups excluding carboxylic acids is 1. The molecule has 0 saturated carbocycles. The summed E-state index contributed by atoms with van der Waals surface area (Å²) in [5.74, 6) is -1.00. The van der Waals surface area contributed by atoms with Crippen LogP contribution in [0.25, 0.3) is 0 Å². The van der Waals surface area contributed by atoms with E-state index in [2.05, 4.69) is 31.9 Å². The second-order valence-corrected chi connectivity index (χ2v) is 5.97. The number of anilines is 1. The Morgan fingerprint density at radius 2 is 2.17 bits per heavy atom. The maximum Gasteiger partial charge on any atom is 0.273 e. The fourth-order valence-corrected chi connectivity index (χ4v) is 3.00. The highest BCUT2D eigenvalue weighted by atomic mass is 79.9. The number of rotatable bonds is 2. The SMILES string of the molecule is O=C1CC(Br)CN1c1c(F)cc([N+](=O)[O-])cc1Br. The minimum atomic E-state index is -0.786. The van der Waals surface area contributed by atoms with Crippen molar-refractivity contribution < 1.29 is 14.1 Å². The monoisotopic (exact) mass is 380 g/mol. The van der Waals surface area contributed by atoms with Crippen molar-refractivity contribution in [3.05, 3.63) is 32.5 Å². The third kappa shape index (κ3) is 2.39. The lowest BCUT2D eigenvalue weighted by Gasteiger charge is -2.18. The predicted octanol–water partition coefficient (Wildman–Crippen LogP) is 3.00. The fraction of sp³-hybridized carbons (Fsp3) is 0.300. The predicted molar refractivity (Wildman–Crippen MR) is 70.4 cm³/mol. The van der Waals surface area contributed by atoms with Crippen molar-refractivity contribution in [3.63, 3.8) is 0 Å². The van der Waals surface area contributed by atoms with E-state index in [-0.39, 0.29) is 33.0 Å². The van der Waals surface area contributed by atoms with Crippen LogP contribution in [0.15, 0.2) is 16.6 Å². The van der Waals surface area contributed by atoms with Gasteiger partial charge in [-0.1, -0.05) is 15.9 Å². The summed E-state index contributed by atoms with van der Waals surface area (Å²) in [6.07, 6.45) is 0.281. The first kappa shape index (κ1) is 13.4. The maximum absolute atomic E-state index is 13.9. The molecular weight excluding hydrogens is 375 g/mol. The van der Waals surface area contributed by atoms with Crippen molar-refractivity contribution in [2.24, 2.45) is 0 Å². The molecule has 0 radical (unpaired) electrons. The van der Waals surface area contributed by atoms with Gasteiger partial charge in [0.25, 0.3) is 5.69 Å². The standard InChI is InChI=1S/C10H7Br2FN2O3/c11-5-1-9(16)14(4-5)10-7(12)2-6(15(17)18)3-8(10)13/h2-3,5H,1,4H2. The number of nitro benzene ring substituents is 1. The van der Waals surface area contributed by atoms with Crippen LogP contribution in [0.5, 0.6) is 0 Å². The van der Waals surface area contributed by atoms with Gasteiger partial charge >= 0.3 is 0 Å². The Morgan fingerprint density at radius 1 is 1.50 bits per heavy atom. The summed E-state index contributed by atoms with van der Waals surface area (Å²) in [6, 6.07) is 2.00. The van der Waals surface area contributed by atoms with Gasteiger partial charge < -0.3 is 4.90 Å². The number of non-ortho nitro benzene ring substituents is 1. The van der Waals surface area contributed by atoms with Gasteiger partial charge in [-0.05, 0) is 15.9 Å². The third-order valence-electron chi connectivity index (χ3n) is 2.56. The molecule has 0 N–H and O–H groups in total. The number of halogens is 3. The van der Waals surface area contributed by atoms with Crippen LogP contribution in [0, 0.1) is 15.9 Å². The van der Waals surface area contributed by atoms with Crippen molar-refractivity contribution in [1.82, 2.24) is 0 Å². The highest BCUT2D eigenvalue weighted by molar-refractivity contribution is 9.10. The molecule has 18 heavy (non-hydrogen) atoms. The Kier molecular flexibility index (Phi) is 3.67. The lowest BCUT2D eigenvalue weighted by Crippen LogP contribution is -2.26.